The largest absolute Gasteiger partial charge is 0.297 e. The second-order valence-corrected chi connectivity index (χ2v) is 6.54. The van der Waals surface area contributed by atoms with Crippen LogP contribution in [-0.4, -0.2) is 26.4 Å². The lowest BCUT2D eigenvalue weighted by Gasteiger charge is -2.32. The minimum Gasteiger partial charge on any atom is -0.297 e. The third-order valence-electron chi connectivity index (χ3n) is 3.68. The molecule has 0 aromatic heterocycles. The molecule has 19 heavy (non-hydrogen) atoms. The molecule has 0 amide bonds. The van der Waals surface area contributed by atoms with Gasteiger partial charge in [-0.2, -0.15) is 0 Å². The van der Waals surface area contributed by atoms with Crippen molar-refractivity contribution < 1.29 is 12.8 Å². The topological polar surface area (TPSA) is 63.4 Å². The number of nitrogens with two attached hydrogens (primary N) is 1. The lowest BCUT2D eigenvalue weighted by molar-refractivity contribution is 0.174. The molecule has 0 spiro atoms. The first kappa shape index (κ1) is 14.4. The highest BCUT2D eigenvalue weighted by Gasteiger charge is 2.21. The summed E-state index contributed by atoms with van der Waals surface area (Å²) in [6, 6.07) is 4.26. The molecule has 1 unspecified atom stereocenters. The van der Waals surface area contributed by atoms with Crippen LogP contribution in [0.2, 0.25) is 0 Å². The maximum absolute atomic E-state index is 13.8. The van der Waals surface area contributed by atoms with Gasteiger partial charge >= 0.3 is 0 Å². The Balaban J connectivity index is 2.24. The van der Waals surface area contributed by atoms with Gasteiger partial charge in [-0.25, -0.2) is 17.9 Å². The van der Waals surface area contributed by atoms with Gasteiger partial charge in [-0.3, -0.25) is 4.90 Å². The molecule has 0 saturated carbocycles. The van der Waals surface area contributed by atoms with Crippen molar-refractivity contribution in [3.8, 4) is 0 Å². The van der Waals surface area contributed by atoms with Gasteiger partial charge in [0.2, 0.25) is 10.0 Å². The normalized spacial score (nSPS) is 19.3. The van der Waals surface area contributed by atoms with Crippen LogP contribution in [0.5, 0.6) is 0 Å². The number of likely N-dealkylation sites (tertiary alicyclic amines) is 1. The van der Waals surface area contributed by atoms with Crippen molar-refractivity contribution >= 4 is 10.0 Å². The summed E-state index contributed by atoms with van der Waals surface area (Å²) >= 11 is 0. The molecule has 2 N–H and O–H groups in total. The van der Waals surface area contributed by atoms with Crippen LogP contribution in [0.1, 0.15) is 37.8 Å². The van der Waals surface area contributed by atoms with E-state index in [0.29, 0.717) is 0 Å². The lowest BCUT2D eigenvalue weighted by atomic mass is 10.0. The van der Waals surface area contributed by atoms with Gasteiger partial charge in [-0.1, -0.05) is 12.5 Å². The van der Waals surface area contributed by atoms with Crippen LogP contribution in [0, 0.1) is 5.82 Å². The van der Waals surface area contributed by atoms with E-state index in [0.717, 1.165) is 31.5 Å². The second-order valence-electron chi connectivity index (χ2n) is 5.01. The van der Waals surface area contributed by atoms with Crippen molar-refractivity contribution in [2.24, 2.45) is 5.14 Å². The molecule has 0 bridgehead atoms. The van der Waals surface area contributed by atoms with E-state index in [-0.39, 0.29) is 6.04 Å². The van der Waals surface area contributed by atoms with E-state index < -0.39 is 20.7 Å². The number of benzene rings is 1. The Bertz CT molecular complexity index is 554. The van der Waals surface area contributed by atoms with Crippen LogP contribution >= 0.6 is 0 Å². The average Bonchev–Trinajstić information content (AvgIpc) is 2.37. The predicted molar refractivity (Wildman–Crippen MR) is 71.6 cm³/mol. The van der Waals surface area contributed by atoms with E-state index in [1.807, 2.05) is 6.92 Å². The van der Waals surface area contributed by atoms with Crippen LogP contribution in [0.25, 0.3) is 0 Å². The molecular formula is C13H19FN2O2S. The molecule has 0 radical (unpaired) electrons. The number of hydrogen-bond donors (Lipinski definition) is 1. The van der Waals surface area contributed by atoms with Crippen molar-refractivity contribution in [2.75, 3.05) is 13.1 Å². The zero-order valence-electron chi connectivity index (χ0n) is 11.0. The molecule has 6 heteroatoms. The number of piperidine rings is 1. The minimum absolute atomic E-state index is 0.0873. The quantitative estimate of drug-likeness (QED) is 0.924. The Labute approximate surface area is 113 Å². The summed E-state index contributed by atoms with van der Waals surface area (Å²) in [4.78, 5) is 1.84. The van der Waals surface area contributed by atoms with Crippen molar-refractivity contribution in [3.63, 3.8) is 0 Å². The number of rotatable bonds is 3. The van der Waals surface area contributed by atoms with Crippen molar-refractivity contribution in [2.45, 2.75) is 37.1 Å². The fourth-order valence-corrected chi connectivity index (χ4v) is 3.11. The van der Waals surface area contributed by atoms with Gasteiger partial charge in [-0.05, 0) is 50.6 Å². The van der Waals surface area contributed by atoms with Crippen LogP contribution in [-0.2, 0) is 10.0 Å². The molecule has 1 atom stereocenters. The number of hydrogen-bond acceptors (Lipinski definition) is 3. The van der Waals surface area contributed by atoms with Gasteiger partial charge in [0.25, 0.3) is 0 Å². The minimum atomic E-state index is -3.99. The SMILES string of the molecule is CC(c1ccc(S(N)(=O)=O)c(F)c1)N1CCCCC1. The Morgan fingerprint density at radius 3 is 2.42 bits per heavy atom. The molecule has 1 aliphatic heterocycles. The van der Waals surface area contributed by atoms with E-state index in [9.17, 15) is 12.8 Å². The maximum atomic E-state index is 13.8. The molecule has 106 valence electrons. The molecule has 1 heterocycles. The van der Waals surface area contributed by atoms with E-state index >= 15 is 0 Å². The summed E-state index contributed by atoms with van der Waals surface area (Å²) < 4.78 is 36.1. The van der Waals surface area contributed by atoms with Crippen molar-refractivity contribution in [3.05, 3.63) is 29.6 Å². The number of halogens is 1. The zero-order chi connectivity index (χ0) is 14.0. The summed E-state index contributed by atoms with van der Waals surface area (Å²) in [7, 11) is -3.99. The van der Waals surface area contributed by atoms with Crippen molar-refractivity contribution in [1.29, 1.82) is 0 Å². The van der Waals surface area contributed by atoms with Gasteiger partial charge in [0.05, 0.1) is 0 Å². The van der Waals surface area contributed by atoms with Crippen molar-refractivity contribution in [1.82, 2.24) is 4.90 Å². The standard InChI is InChI=1S/C13H19FN2O2S/c1-10(16-7-3-2-4-8-16)11-5-6-13(12(14)9-11)19(15,17)18/h5-6,9-10H,2-4,7-8H2,1H3,(H2,15,17,18). The zero-order valence-corrected chi connectivity index (χ0v) is 11.8. The van der Waals surface area contributed by atoms with Gasteiger partial charge in [0.15, 0.2) is 0 Å². The summed E-state index contributed by atoms with van der Waals surface area (Å²) in [6.45, 7) is 4.01. The van der Waals surface area contributed by atoms with E-state index in [1.54, 1.807) is 6.07 Å². The Morgan fingerprint density at radius 2 is 1.89 bits per heavy atom. The molecule has 4 nitrogen and oxygen atoms in total. The molecule has 1 fully saturated rings. The monoisotopic (exact) mass is 286 g/mol. The van der Waals surface area contributed by atoms with E-state index in [1.165, 1.54) is 18.6 Å². The van der Waals surface area contributed by atoms with Gasteiger partial charge in [0, 0.05) is 6.04 Å². The second kappa shape index (κ2) is 5.56. The van der Waals surface area contributed by atoms with Crippen LogP contribution < -0.4 is 5.14 Å². The van der Waals surface area contributed by atoms with Gasteiger partial charge in [-0.15, -0.1) is 0 Å². The molecule has 0 aliphatic carbocycles. The van der Waals surface area contributed by atoms with E-state index in [2.05, 4.69) is 4.90 Å². The molecular weight excluding hydrogens is 267 g/mol. The maximum Gasteiger partial charge on any atom is 0.240 e. The Hall–Kier alpha value is -0.980. The Morgan fingerprint density at radius 1 is 1.26 bits per heavy atom. The van der Waals surface area contributed by atoms with Gasteiger partial charge < -0.3 is 0 Å². The summed E-state index contributed by atoms with van der Waals surface area (Å²) in [5.74, 6) is -0.774. The molecule has 1 aromatic carbocycles. The highest BCUT2D eigenvalue weighted by Crippen LogP contribution is 2.26. The highest BCUT2D eigenvalue weighted by molar-refractivity contribution is 7.89. The molecule has 1 saturated heterocycles. The number of nitrogens with zero attached hydrogens (tertiary/aromatic N) is 1. The predicted octanol–water partition coefficient (Wildman–Crippen LogP) is 2.02. The summed E-state index contributed by atoms with van der Waals surface area (Å²) in [5, 5.41) is 4.95. The first-order chi connectivity index (χ1) is 8.89. The molecule has 1 aromatic rings. The smallest absolute Gasteiger partial charge is 0.240 e. The van der Waals surface area contributed by atoms with Crippen LogP contribution in [0.3, 0.4) is 0 Å². The first-order valence-corrected chi connectivity index (χ1v) is 8.00. The third-order valence-corrected chi connectivity index (χ3v) is 4.63. The van der Waals surface area contributed by atoms with E-state index in [4.69, 9.17) is 5.14 Å². The number of sulfonamides is 1. The molecule has 2 rings (SSSR count). The summed E-state index contributed by atoms with van der Waals surface area (Å²) in [6.07, 6.45) is 3.55. The third kappa shape index (κ3) is 3.32. The first-order valence-electron chi connectivity index (χ1n) is 6.46. The number of primary sulfonamides is 1. The fourth-order valence-electron chi connectivity index (χ4n) is 2.52. The average molecular weight is 286 g/mol. The van der Waals surface area contributed by atoms with Crippen LogP contribution in [0.4, 0.5) is 4.39 Å². The molecule has 1 aliphatic rings. The highest BCUT2D eigenvalue weighted by atomic mass is 32.2. The summed E-state index contributed by atoms with van der Waals surface area (Å²) in [5.41, 5.74) is 0.784. The fraction of sp³-hybridized carbons (Fsp3) is 0.538. The van der Waals surface area contributed by atoms with Gasteiger partial charge in [0.1, 0.15) is 10.7 Å². The lowest BCUT2D eigenvalue weighted by Crippen LogP contribution is -2.32. The van der Waals surface area contributed by atoms with Crippen LogP contribution in [0.15, 0.2) is 23.1 Å². The Kier molecular flexibility index (Phi) is 4.23.